The van der Waals surface area contributed by atoms with E-state index in [-0.39, 0.29) is 0 Å². The van der Waals surface area contributed by atoms with Gasteiger partial charge in [0.2, 0.25) is 0 Å². The molecule has 2 aromatic rings. The lowest BCUT2D eigenvalue weighted by Crippen LogP contribution is -1.93. The van der Waals surface area contributed by atoms with Crippen LogP contribution in [0.3, 0.4) is 0 Å². The molecular formula is C21H26O. The maximum atomic E-state index is 6.23. The van der Waals surface area contributed by atoms with Gasteiger partial charge in [0.15, 0.2) is 0 Å². The Morgan fingerprint density at radius 1 is 1.18 bits per heavy atom. The Hall–Kier alpha value is -2.02. The fourth-order valence-corrected chi connectivity index (χ4v) is 3.02. The second-order valence-corrected chi connectivity index (χ2v) is 6.27. The molecule has 0 bridgehead atoms. The number of hydrogen-bond donors (Lipinski definition) is 0. The Morgan fingerprint density at radius 2 is 1.82 bits per heavy atom. The number of rotatable bonds is 5. The molecule has 1 nitrogen and oxygen atoms in total. The van der Waals surface area contributed by atoms with Crippen molar-refractivity contribution in [2.75, 3.05) is 0 Å². The number of benzene rings is 1. The van der Waals surface area contributed by atoms with Crippen molar-refractivity contribution < 1.29 is 4.42 Å². The van der Waals surface area contributed by atoms with E-state index >= 15 is 0 Å². The van der Waals surface area contributed by atoms with Crippen LogP contribution in [0.5, 0.6) is 0 Å². The van der Waals surface area contributed by atoms with Gasteiger partial charge in [0, 0.05) is 11.1 Å². The van der Waals surface area contributed by atoms with Crippen LogP contribution in [0.2, 0.25) is 0 Å². The van der Waals surface area contributed by atoms with Crippen LogP contribution < -0.4 is 0 Å². The van der Waals surface area contributed by atoms with Gasteiger partial charge < -0.3 is 4.42 Å². The van der Waals surface area contributed by atoms with Gasteiger partial charge in [-0.25, -0.2) is 0 Å². The Bertz CT molecular complexity index is 680. The Labute approximate surface area is 134 Å². The van der Waals surface area contributed by atoms with Crippen LogP contribution in [0.15, 0.2) is 53.0 Å². The zero-order chi connectivity index (χ0) is 16.3. The fourth-order valence-electron chi connectivity index (χ4n) is 3.02. The lowest BCUT2D eigenvalue weighted by molar-refractivity contribution is 0.514. The maximum absolute atomic E-state index is 6.23. The SMILES string of the molecule is C=CCC(=C(C)C)c1oc(C)c(C(C)C)c1-c1ccccc1. The Kier molecular flexibility index (Phi) is 5.07. The van der Waals surface area contributed by atoms with E-state index in [9.17, 15) is 0 Å². The zero-order valence-electron chi connectivity index (χ0n) is 14.4. The molecule has 116 valence electrons. The molecule has 1 heterocycles. The summed E-state index contributed by atoms with van der Waals surface area (Å²) in [5.74, 6) is 2.45. The highest BCUT2D eigenvalue weighted by Gasteiger charge is 2.23. The molecular weight excluding hydrogens is 268 g/mol. The van der Waals surface area contributed by atoms with Crippen molar-refractivity contribution in [2.45, 2.75) is 47.0 Å². The highest BCUT2D eigenvalue weighted by atomic mass is 16.3. The summed E-state index contributed by atoms with van der Waals surface area (Å²) in [5.41, 5.74) is 6.29. The largest absolute Gasteiger partial charge is 0.461 e. The van der Waals surface area contributed by atoms with Crippen molar-refractivity contribution in [3.05, 3.63) is 65.6 Å². The number of furan rings is 1. The molecule has 1 aromatic heterocycles. The van der Waals surface area contributed by atoms with E-state index in [0.717, 1.165) is 17.9 Å². The van der Waals surface area contributed by atoms with Gasteiger partial charge in [-0.2, -0.15) is 0 Å². The van der Waals surface area contributed by atoms with Gasteiger partial charge in [-0.3, -0.25) is 0 Å². The summed E-state index contributed by atoms with van der Waals surface area (Å²) in [6, 6.07) is 10.5. The maximum Gasteiger partial charge on any atom is 0.138 e. The molecule has 0 aliphatic carbocycles. The van der Waals surface area contributed by atoms with Gasteiger partial charge in [-0.15, -0.1) is 6.58 Å². The first kappa shape index (κ1) is 16.4. The third kappa shape index (κ3) is 3.09. The predicted molar refractivity (Wildman–Crippen MR) is 96.1 cm³/mol. The Balaban J connectivity index is 2.78. The van der Waals surface area contributed by atoms with Gasteiger partial charge in [-0.05, 0) is 44.2 Å². The summed E-state index contributed by atoms with van der Waals surface area (Å²) in [4.78, 5) is 0. The van der Waals surface area contributed by atoms with E-state index < -0.39 is 0 Å². The van der Waals surface area contributed by atoms with Crippen LogP contribution >= 0.6 is 0 Å². The highest BCUT2D eigenvalue weighted by molar-refractivity contribution is 5.83. The van der Waals surface area contributed by atoms with Gasteiger partial charge >= 0.3 is 0 Å². The molecule has 0 amide bonds. The number of hydrogen-bond acceptors (Lipinski definition) is 1. The monoisotopic (exact) mass is 294 g/mol. The Morgan fingerprint density at radius 3 is 2.32 bits per heavy atom. The van der Waals surface area contributed by atoms with E-state index in [1.165, 1.54) is 27.8 Å². The average molecular weight is 294 g/mol. The van der Waals surface area contributed by atoms with E-state index in [4.69, 9.17) is 4.42 Å². The third-order valence-electron chi connectivity index (χ3n) is 4.00. The lowest BCUT2D eigenvalue weighted by atomic mass is 9.90. The van der Waals surface area contributed by atoms with Crippen molar-refractivity contribution in [2.24, 2.45) is 0 Å². The number of allylic oxidation sites excluding steroid dienone is 3. The molecule has 22 heavy (non-hydrogen) atoms. The van der Waals surface area contributed by atoms with Crippen LogP contribution in [0.4, 0.5) is 0 Å². The van der Waals surface area contributed by atoms with E-state index in [2.05, 4.69) is 71.5 Å². The van der Waals surface area contributed by atoms with Gasteiger partial charge in [0.25, 0.3) is 0 Å². The van der Waals surface area contributed by atoms with Crippen LogP contribution in [-0.2, 0) is 0 Å². The van der Waals surface area contributed by atoms with Gasteiger partial charge in [-0.1, -0.05) is 55.8 Å². The molecule has 1 aromatic carbocycles. The quantitative estimate of drug-likeness (QED) is 0.556. The van der Waals surface area contributed by atoms with Crippen molar-refractivity contribution in [1.29, 1.82) is 0 Å². The minimum Gasteiger partial charge on any atom is -0.461 e. The second-order valence-electron chi connectivity index (χ2n) is 6.27. The minimum absolute atomic E-state index is 0.426. The normalized spacial score (nSPS) is 10.8. The third-order valence-corrected chi connectivity index (χ3v) is 4.00. The van der Waals surface area contributed by atoms with Crippen molar-refractivity contribution >= 4 is 5.57 Å². The van der Waals surface area contributed by atoms with Crippen molar-refractivity contribution in [3.8, 4) is 11.1 Å². The standard InChI is InChI=1S/C21H26O/c1-7-11-18(14(2)3)21-20(17-12-9-8-10-13-17)19(15(4)5)16(6)22-21/h7-10,12-13,15H,1,11H2,2-6H3. The topological polar surface area (TPSA) is 13.1 Å². The van der Waals surface area contributed by atoms with Crippen molar-refractivity contribution in [3.63, 3.8) is 0 Å². The van der Waals surface area contributed by atoms with Crippen LogP contribution in [0, 0.1) is 6.92 Å². The molecule has 0 saturated heterocycles. The summed E-state index contributed by atoms with van der Waals surface area (Å²) < 4.78 is 6.23. The molecule has 0 spiro atoms. The van der Waals surface area contributed by atoms with Crippen LogP contribution in [0.1, 0.15) is 57.1 Å². The molecule has 2 rings (SSSR count). The average Bonchev–Trinajstić information content (AvgIpc) is 2.82. The van der Waals surface area contributed by atoms with Crippen LogP contribution in [-0.4, -0.2) is 0 Å². The number of aryl methyl sites for hydroxylation is 1. The second kappa shape index (κ2) is 6.83. The molecule has 0 N–H and O–H groups in total. The minimum atomic E-state index is 0.426. The summed E-state index contributed by atoms with van der Waals surface area (Å²) in [6.45, 7) is 14.7. The summed E-state index contributed by atoms with van der Waals surface area (Å²) >= 11 is 0. The molecule has 0 atom stereocenters. The first-order chi connectivity index (χ1) is 10.5. The molecule has 0 aliphatic heterocycles. The van der Waals surface area contributed by atoms with Gasteiger partial charge in [0.1, 0.15) is 11.5 Å². The smallest absolute Gasteiger partial charge is 0.138 e. The fraction of sp³-hybridized carbons (Fsp3) is 0.333. The van der Waals surface area contributed by atoms with E-state index in [1.54, 1.807) is 0 Å². The summed E-state index contributed by atoms with van der Waals surface area (Å²) in [7, 11) is 0. The molecule has 1 heteroatoms. The van der Waals surface area contributed by atoms with Gasteiger partial charge in [0.05, 0.1) is 0 Å². The predicted octanol–water partition coefficient (Wildman–Crippen LogP) is 6.75. The van der Waals surface area contributed by atoms with Crippen LogP contribution in [0.25, 0.3) is 16.7 Å². The van der Waals surface area contributed by atoms with E-state index in [1.807, 2.05) is 6.08 Å². The zero-order valence-corrected chi connectivity index (χ0v) is 14.4. The lowest BCUT2D eigenvalue weighted by Gasteiger charge is -2.12. The molecule has 0 unspecified atom stereocenters. The molecule has 0 fully saturated rings. The molecule has 0 aliphatic rings. The molecule has 0 saturated carbocycles. The van der Waals surface area contributed by atoms with E-state index in [0.29, 0.717) is 5.92 Å². The molecule has 0 radical (unpaired) electrons. The first-order valence-corrected chi connectivity index (χ1v) is 7.93. The summed E-state index contributed by atoms with van der Waals surface area (Å²) in [6.07, 6.45) is 2.77. The highest BCUT2D eigenvalue weighted by Crippen LogP contribution is 2.41. The summed E-state index contributed by atoms with van der Waals surface area (Å²) in [5, 5.41) is 0. The van der Waals surface area contributed by atoms with Crippen molar-refractivity contribution in [1.82, 2.24) is 0 Å². The first-order valence-electron chi connectivity index (χ1n) is 7.93.